The molecule has 0 radical (unpaired) electrons. The Bertz CT molecular complexity index is 852. The molecule has 0 bridgehead atoms. The maximum atomic E-state index is 12.6. The average molecular weight is 348 g/mol. The maximum absolute atomic E-state index is 12.6. The van der Waals surface area contributed by atoms with Gasteiger partial charge in [0.25, 0.3) is 0 Å². The zero-order valence-electron chi connectivity index (χ0n) is 15.4. The van der Waals surface area contributed by atoms with E-state index >= 15 is 0 Å². The lowest BCUT2D eigenvalue weighted by atomic mass is 9.96. The Morgan fingerprint density at radius 3 is 2.54 bits per heavy atom. The molecule has 26 heavy (non-hydrogen) atoms. The van der Waals surface area contributed by atoms with E-state index in [2.05, 4.69) is 36.3 Å². The van der Waals surface area contributed by atoms with Gasteiger partial charge in [-0.1, -0.05) is 50.2 Å². The van der Waals surface area contributed by atoms with E-state index in [0.717, 1.165) is 23.2 Å². The van der Waals surface area contributed by atoms with Crippen molar-refractivity contribution in [1.29, 1.82) is 0 Å². The molecule has 0 unspecified atom stereocenters. The van der Waals surface area contributed by atoms with Crippen molar-refractivity contribution in [3.63, 3.8) is 0 Å². The van der Waals surface area contributed by atoms with E-state index in [1.807, 2.05) is 43.3 Å². The third kappa shape index (κ3) is 4.39. The van der Waals surface area contributed by atoms with Crippen molar-refractivity contribution < 1.29 is 9.21 Å². The first-order valence-electron chi connectivity index (χ1n) is 8.91. The number of benzene rings is 2. The van der Waals surface area contributed by atoms with Crippen LogP contribution in [0.4, 0.5) is 5.69 Å². The SMILES string of the molecule is CC(C)Cc1ccc([C@H](C)C(=O)Nc2cccc(-c3cnco3)c2)cc1. The molecular weight excluding hydrogens is 324 g/mol. The van der Waals surface area contributed by atoms with Gasteiger partial charge in [0, 0.05) is 11.3 Å². The third-order valence-electron chi connectivity index (χ3n) is 4.36. The number of nitrogens with one attached hydrogen (secondary N) is 1. The predicted molar refractivity (Wildman–Crippen MR) is 104 cm³/mol. The second kappa shape index (κ2) is 8.00. The number of carbonyl (C=O) groups is 1. The monoisotopic (exact) mass is 348 g/mol. The molecule has 134 valence electrons. The number of hydrogen-bond donors (Lipinski definition) is 1. The highest BCUT2D eigenvalue weighted by atomic mass is 16.3. The summed E-state index contributed by atoms with van der Waals surface area (Å²) >= 11 is 0. The second-order valence-corrected chi connectivity index (χ2v) is 7.00. The molecule has 1 N–H and O–H groups in total. The van der Waals surface area contributed by atoms with Gasteiger partial charge < -0.3 is 9.73 Å². The highest BCUT2D eigenvalue weighted by Crippen LogP contribution is 2.24. The molecule has 0 saturated heterocycles. The summed E-state index contributed by atoms with van der Waals surface area (Å²) in [6.45, 7) is 6.33. The summed E-state index contributed by atoms with van der Waals surface area (Å²) in [5, 5.41) is 2.99. The molecule has 4 heteroatoms. The molecule has 2 aromatic carbocycles. The number of oxazole rings is 1. The molecule has 1 heterocycles. The fraction of sp³-hybridized carbons (Fsp3) is 0.273. The van der Waals surface area contributed by atoms with Gasteiger partial charge in [-0.3, -0.25) is 4.79 Å². The Kier molecular flexibility index (Phi) is 5.52. The van der Waals surface area contributed by atoms with Gasteiger partial charge in [-0.25, -0.2) is 4.98 Å². The van der Waals surface area contributed by atoms with Crippen molar-refractivity contribution in [1.82, 2.24) is 4.98 Å². The van der Waals surface area contributed by atoms with Crippen LogP contribution in [0.15, 0.2) is 65.5 Å². The quantitative estimate of drug-likeness (QED) is 0.659. The van der Waals surface area contributed by atoms with Gasteiger partial charge in [0.15, 0.2) is 12.2 Å². The molecule has 3 aromatic rings. The lowest BCUT2D eigenvalue weighted by Crippen LogP contribution is -2.18. The molecule has 4 nitrogen and oxygen atoms in total. The number of aromatic nitrogens is 1. The Morgan fingerprint density at radius 2 is 1.88 bits per heavy atom. The van der Waals surface area contributed by atoms with E-state index in [1.54, 1.807) is 6.20 Å². The molecule has 3 rings (SSSR count). The number of carbonyl (C=O) groups excluding carboxylic acids is 1. The molecular formula is C22H24N2O2. The van der Waals surface area contributed by atoms with Gasteiger partial charge in [-0.05, 0) is 42.5 Å². The van der Waals surface area contributed by atoms with E-state index in [4.69, 9.17) is 4.42 Å². The second-order valence-electron chi connectivity index (χ2n) is 7.00. The van der Waals surface area contributed by atoms with Crippen LogP contribution in [0.25, 0.3) is 11.3 Å². The highest BCUT2D eigenvalue weighted by Gasteiger charge is 2.16. The van der Waals surface area contributed by atoms with E-state index < -0.39 is 0 Å². The van der Waals surface area contributed by atoms with Crippen LogP contribution < -0.4 is 5.32 Å². The zero-order chi connectivity index (χ0) is 18.5. The van der Waals surface area contributed by atoms with Crippen molar-refractivity contribution in [2.45, 2.75) is 33.1 Å². The van der Waals surface area contributed by atoms with Crippen molar-refractivity contribution >= 4 is 11.6 Å². The van der Waals surface area contributed by atoms with Gasteiger partial charge >= 0.3 is 0 Å². The van der Waals surface area contributed by atoms with Crippen LogP contribution in [0.5, 0.6) is 0 Å². The fourth-order valence-corrected chi connectivity index (χ4v) is 2.92. The van der Waals surface area contributed by atoms with Crippen molar-refractivity contribution in [2.24, 2.45) is 5.92 Å². The van der Waals surface area contributed by atoms with Crippen LogP contribution in [0.3, 0.4) is 0 Å². The van der Waals surface area contributed by atoms with E-state index in [9.17, 15) is 4.79 Å². The van der Waals surface area contributed by atoms with Crippen LogP contribution in [-0.2, 0) is 11.2 Å². The van der Waals surface area contributed by atoms with Crippen LogP contribution in [0.2, 0.25) is 0 Å². The maximum Gasteiger partial charge on any atom is 0.231 e. The summed E-state index contributed by atoms with van der Waals surface area (Å²) in [7, 11) is 0. The fourth-order valence-electron chi connectivity index (χ4n) is 2.92. The summed E-state index contributed by atoms with van der Waals surface area (Å²) in [6.07, 6.45) is 4.10. The van der Waals surface area contributed by atoms with Gasteiger partial charge in [0.1, 0.15) is 0 Å². The van der Waals surface area contributed by atoms with Crippen molar-refractivity contribution in [3.8, 4) is 11.3 Å². The predicted octanol–water partition coefficient (Wildman–Crippen LogP) is 5.28. The molecule has 0 saturated carbocycles. The normalized spacial score (nSPS) is 12.2. The topological polar surface area (TPSA) is 55.1 Å². The zero-order valence-corrected chi connectivity index (χ0v) is 15.4. The lowest BCUT2D eigenvalue weighted by Gasteiger charge is -2.14. The first-order chi connectivity index (χ1) is 12.5. The van der Waals surface area contributed by atoms with Gasteiger partial charge in [-0.2, -0.15) is 0 Å². The van der Waals surface area contributed by atoms with E-state index in [-0.39, 0.29) is 11.8 Å². The van der Waals surface area contributed by atoms with E-state index in [0.29, 0.717) is 11.7 Å². The lowest BCUT2D eigenvalue weighted by molar-refractivity contribution is -0.117. The molecule has 0 fully saturated rings. The molecule has 1 atom stereocenters. The molecule has 0 aliphatic heterocycles. The molecule has 1 aromatic heterocycles. The van der Waals surface area contributed by atoms with E-state index in [1.165, 1.54) is 12.0 Å². The summed E-state index contributed by atoms with van der Waals surface area (Å²) in [5.74, 6) is 1.04. The van der Waals surface area contributed by atoms with Crippen molar-refractivity contribution in [2.75, 3.05) is 5.32 Å². The Balaban J connectivity index is 1.68. The smallest absolute Gasteiger partial charge is 0.231 e. The Hall–Kier alpha value is -2.88. The van der Waals surface area contributed by atoms with Crippen LogP contribution in [0, 0.1) is 5.92 Å². The number of amides is 1. The number of hydrogen-bond acceptors (Lipinski definition) is 3. The number of anilines is 1. The minimum absolute atomic E-state index is 0.0312. The first kappa shape index (κ1) is 17.9. The minimum Gasteiger partial charge on any atom is -0.444 e. The van der Waals surface area contributed by atoms with Crippen molar-refractivity contribution in [3.05, 3.63) is 72.2 Å². The Labute approximate surface area is 154 Å². The molecule has 0 aliphatic rings. The summed E-state index contributed by atoms with van der Waals surface area (Å²) in [5.41, 5.74) is 3.94. The standard InChI is InChI=1S/C22H24N2O2/c1-15(2)11-17-7-9-18(10-8-17)16(3)22(25)24-20-6-4-5-19(12-20)21-13-23-14-26-21/h4-10,12-16H,11H2,1-3H3,(H,24,25)/t16-/m0/s1. The number of rotatable bonds is 6. The van der Waals surface area contributed by atoms with Gasteiger partial charge in [0.2, 0.25) is 5.91 Å². The highest BCUT2D eigenvalue weighted by molar-refractivity contribution is 5.96. The van der Waals surface area contributed by atoms with Gasteiger partial charge in [0.05, 0.1) is 12.1 Å². The largest absolute Gasteiger partial charge is 0.444 e. The summed E-state index contributed by atoms with van der Waals surface area (Å²) in [4.78, 5) is 16.6. The molecule has 0 spiro atoms. The van der Waals surface area contributed by atoms with Gasteiger partial charge in [-0.15, -0.1) is 0 Å². The van der Waals surface area contributed by atoms with Crippen LogP contribution in [0.1, 0.15) is 37.8 Å². The Morgan fingerprint density at radius 1 is 1.12 bits per heavy atom. The van der Waals surface area contributed by atoms with Crippen LogP contribution in [-0.4, -0.2) is 10.9 Å². The average Bonchev–Trinajstić information content (AvgIpc) is 3.16. The molecule has 1 amide bonds. The van der Waals surface area contributed by atoms with Crippen LogP contribution >= 0.6 is 0 Å². The summed E-state index contributed by atoms with van der Waals surface area (Å²) < 4.78 is 5.31. The minimum atomic E-state index is -0.225. The molecule has 0 aliphatic carbocycles. The number of nitrogens with zero attached hydrogens (tertiary/aromatic N) is 1. The first-order valence-corrected chi connectivity index (χ1v) is 8.91. The third-order valence-corrected chi connectivity index (χ3v) is 4.36. The summed E-state index contributed by atoms with van der Waals surface area (Å²) in [6, 6.07) is 15.9.